The number of aromatic nitrogens is 1. The normalized spacial score (nSPS) is 18.6. The second-order valence-corrected chi connectivity index (χ2v) is 4.19. The first-order valence-electron chi connectivity index (χ1n) is 5.35. The van der Waals surface area contributed by atoms with E-state index < -0.39 is 4.92 Å². The molecule has 1 amide bonds. The average Bonchev–Trinajstić information content (AvgIpc) is 2.83. The first kappa shape index (κ1) is 14.5. The molecule has 1 fully saturated rings. The van der Waals surface area contributed by atoms with E-state index >= 15 is 0 Å². The summed E-state index contributed by atoms with van der Waals surface area (Å²) in [7, 11) is 1.52. The number of amides is 1. The second-order valence-electron chi connectivity index (χ2n) is 4.19. The van der Waals surface area contributed by atoms with Gasteiger partial charge >= 0.3 is 5.82 Å². The lowest BCUT2D eigenvalue weighted by Gasteiger charge is -2.14. The van der Waals surface area contributed by atoms with E-state index in [0.717, 1.165) is 6.42 Å². The number of hydrogen-bond acceptors (Lipinski definition) is 4. The van der Waals surface area contributed by atoms with Crippen LogP contribution in [0.1, 0.15) is 16.9 Å². The third kappa shape index (κ3) is 2.46. The number of hydrogen-bond donors (Lipinski definition) is 1. The number of halogens is 1. The van der Waals surface area contributed by atoms with Gasteiger partial charge in [0.05, 0.1) is 7.05 Å². The van der Waals surface area contributed by atoms with Crippen molar-refractivity contribution >= 4 is 24.1 Å². The molecule has 100 valence electrons. The van der Waals surface area contributed by atoms with Crippen LogP contribution in [-0.4, -0.2) is 39.4 Å². The number of likely N-dealkylation sites (tertiary alicyclic amines) is 1. The van der Waals surface area contributed by atoms with Gasteiger partial charge in [-0.3, -0.25) is 4.79 Å². The number of nitrogens with zero attached hydrogens (tertiary/aromatic N) is 3. The predicted octanol–water partition coefficient (Wildman–Crippen LogP) is 0.528. The Kier molecular flexibility index (Phi) is 4.31. The van der Waals surface area contributed by atoms with Crippen molar-refractivity contribution in [2.24, 2.45) is 12.8 Å². The Morgan fingerprint density at radius 2 is 2.22 bits per heavy atom. The molecule has 1 aromatic rings. The van der Waals surface area contributed by atoms with Crippen molar-refractivity contribution in [1.82, 2.24) is 9.47 Å². The molecule has 1 aliphatic rings. The van der Waals surface area contributed by atoms with Gasteiger partial charge in [-0.25, -0.2) is 4.57 Å². The van der Waals surface area contributed by atoms with Gasteiger partial charge in [0.25, 0.3) is 5.91 Å². The lowest BCUT2D eigenvalue weighted by Crippen LogP contribution is -2.32. The summed E-state index contributed by atoms with van der Waals surface area (Å²) in [6.45, 7) is 1.12. The number of nitro groups is 1. The Balaban J connectivity index is 0.00000162. The Labute approximate surface area is 110 Å². The Bertz CT molecular complexity index is 474. The maximum Gasteiger partial charge on any atom is 0.323 e. The maximum atomic E-state index is 12.1. The Morgan fingerprint density at radius 3 is 2.67 bits per heavy atom. The summed E-state index contributed by atoms with van der Waals surface area (Å²) in [5.74, 6) is -0.287. The monoisotopic (exact) mass is 274 g/mol. The van der Waals surface area contributed by atoms with Gasteiger partial charge < -0.3 is 20.7 Å². The minimum absolute atomic E-state index is 0. The smallest absolute Gasteiger partial charge is 0.323 e. The van der Waals surface area contributed by atoms with Crippen LogP contribution in [0.4, 0.5) is 5.82 Å². The van der Waals surface area contributed by atoms with Crippen LogP contribution in [0.2, 0.25) is 0 Å². The fraction of sp³-hybridized carbons (Fsp3) is 0.500. The standard InChI is InChI=1S/C10H14N4O3.ClH/c1-12-8(2-3-9(12)14(16)17)10(15)13-5-4-7(11)6-13;/h2-3,7H,4-6,11H2,1H3;1H. The molecular weight excluding hydrogens is 260 g/mol. The summed E-state index contributed by atoms with van der Waals surface area (Å²) in [6, 6.07) is 2.82. The molecule has 2 heterocycles. The van der Waals surface area contributed by atoms with Gasteiger partial charge in [0.15, 0.2) is 5.69 Å². The van der Waals surface area contributed by atoms with E-state index in [2.05, 4.69) is 0 Å². The topological polar surface area (TPSA) is 94.4 Å². The molecule has 0 saturated carbocycles. The number of carbonyl (C=O) groups is 1. The highest BCUT2D eigenvalue weighted by Crippen LogP contribution is 2.18. The van der Waals surface area contributed by atoms with E-state index in [1.807, 2.05) is 0 Å². The Hall–Kier alpha value is -1.60. The van der Waals surface area contributed by atoms with Crippen molar-refractivity contribution in [3.63, 3.8) is 0 Å². The molecule has 1 unspecified atom stereocenters. The van der Waals surface area contributed by atoms with E-state index in [1.165, 1.54) is 23.7 Å². The lowest BCUT2D eigenvalue weighted by molar-refractivity contribution is -0.391. The van der Waals surface area contributed by atoms with E-state index in [4.69, 9.17) is 5.73 Å². The molecule has 18 heavy (non-hydrogen) atoms. The molecule has 0 bridgehead atoms. The molecule has 7 nitrogen and oxygen atoms in total. The molecule has 0 aromatic carbocycles. The van der Waals surface area contributed by atoms with Crippen molar-refractivity contribution in [2.45, 2.75) is 12.5 Å². The number of carbonyl (C=O) groups excluding carboxylic acids is 1. The molecule has 8 heteroatoms. The van der Waals surface area contributed by atoms with Gasteiger partial charge in [-0.2, -0.15) is 0 Å². The second kappa shape index (κ2) is 5.36. The molecule has 2 rings (SSSR count). The third-order valence-corrected chi connectivity index (χ3v) is 3.01. The first-order valence-corrected chi connectivity index (χ1v) is 5.35. The number of rotatable bonds is 2. The molecular formula is C10H15ClN4O3. The SMILES string of the molecule is Cl.Cn1c(C(=O)N2CCC(N)C2)ccc1[N+](=O)[O-]. The van der Waals surface area contributed by atoms with Gasteiger partial charge in [-0.1, -0.05) is 0 Å². The van der Waals surface area contributed by atoms with Crippen LogP contribution in [0.5, 0.6) is 0 Å². The van der Waals surface area contributed by atoms with Crippen molar-refractivity contribution in [2.75, 3.05) is 13.1 Å². The average molecular weight is 275 g/mol. The van der Waals surface area contributed by atoms with Crippen LogP contribution in [-0.2, 0) is 7.05 Å². The Morgan fingerprint density at radius 1 is 1.56 bits per heavy atom. The summed E-state index contributed by atoms with van der Waals surface area (Å²) in [4.78, 5) is 23.9. The molecule has 1 aromatic heterocycles. The minimum atomic E-state index is -0.507. The molecule has 0 aliphatic carbocycles. The van der Waals surface area contributed by atoms with Crippen molar-refractivity contribution in [3.8, 4) is 0 Å². The van der Waals surface area contributed by atoms with Crippen LogP contribution in [0.15, 0.2) is 12.1 Å². The van der Waals surface area contributed by atoms with Crippen LogP contribution in [0, 0.1) is 10.1 Å². The summed E-state index contributed by atoms with van der Waals surface area (Å²) in [5.41, 5.74) is 6.05. The maximum absolute atomic E-state index is 12.1. The van der Waals surface area contributed by atoms with Gasteiger partial charge in [0.1, 0.15) is 0 Å². The summed E-state index contributed by atoms with van der Waals surface area (Å²) >= 11 is 0. The van der Waals surface area contributed by atoms with E-state index in [9.17, 15) is 14.9 Å². The zero-order chi connectivity index (χ0) is 12.6. The molecule has 0 radical (unpaired) electrons. The largest absolute Gasteiger partial charge is 0.358 e. The van der Waals surface area contributed by atoms with Crippen molar-refractivity contribution < 1.29 is 9.72 Å². The fourth-order valence-corrected chi connectivity index (χ4v) is 2.03. The van der Waals surface area contributed by atoms with Gasteiger partial charge in [-0.05, 0) is 17.4 Å². The van der Waals surface area contributed by atoms with Crippen molar-refractivity contribution in [1.29, 1.82) is 0 Å². The van der Waals surface area contributed by atoms with Crippen LogP contribution < -0.4 is 5.73 Å². The van der Waals surface area contributed by atoms with Crippen LogP contribution in [0.3, 0.4) is 0 Å². The molecule has 1 aliphatic heterocycles. The van der Waals surface area contributed by atoms with E-state index in [1.54, 1.807) is 4.90 Å². The molecule has 2 N–H and O–H groups in total. The highest BCUT2D eigenvalue weighted by atomic mass is 35.5. The quantitative estimate of drug-likeness (QED) is 0.629. The van der Waals surface area contributed by atoms with Gasteiger partial charge in [-0.15, -0.1) is 12.4 Å². The van der Waals surface area contributed by atoms with E-state index in [0.29, 0.717) is 18.8 Å². The summed E-state index contributed by atoms with van der Waals surface area (Å²) < 4.78 is 1.30. The molecule has 1 atom stereocenters. The highest BCUT2D eigenvalue weighted by Gasteiger charge is 2.29. The summed E-state index contributed by atoms with van der Waals surface area (Å²) in [5, 5.41) is 10.7. The van der Waals surface area contributed by atoms with Crippen LogP contribution >= 0.6 is 12.4 Å². The zero-order valence-corrected chi connectivity index (χ0v) is 10.7. The molecule has 1 saturated heterocycles. The molecule has 0 spiro atoms. The van der Waals surface area contributed by atoms with E-state index in [-0.39, 0.29) is 30.2 Å². The minimum Gasteiger partial charge on any atom is -0.358 e. The fourth-order valence-electron chi connectivity index (χ4n) is 2.03. The van der Waals surface area contributed by atoms with Crippen LogP contribution in [0.25, 0.3) is 0 Å². The first-order chi connectivity index (χ1) is 8.00. The van der Waals surface area contributed by atoms with Crippen molar-refractivity contribution in [3.05, 3.63) is 27.9 Å². The number of nitrogens with two attached hydrogens (primary N) is 1. The highest BCUT2D eigenvalue weighted by molar-refractivity contribution is 5.93. The zero-order valence-electron chi connectivity index (χ0n) is 9.91. The lowest BCUT2D eigenvalue weighted by atomic mass is 10.3. The predicted molar refractivity (Wildman–Crippen MR) is 67.8 cm³/mol. The summed E-state index contributed by atoms with van der Waals surface area (Å²) in [6.07, 6.45) is 0.776. The van der Waals surface area contributed by atoms with Gasteiger partial charge in [0.2, 0.25) is 0 Å². The van der Waals surface area contributed by atoms with Gasteiger partial charge in [0, 0.05) is 25.2 Å². The third-order valence-electron chi connectivity index (χ3n) is 3.01.